The summed E-state index contributed by atoms with van der Waals surface area (Å²) in [7, 11) is 0. The zero-order chi connectivity index (χ0) is 0. The van der Waals surface area contributed by atoms with Gasteiger partial charge in [-0.15, -0.1) is 0 Å². The van der Waals surface area contributed by atoms with Crippen molar-refractivity contribution in [1.29, 1.82) is 0 Å². The third-order valence-electron chi connectivity index (χ3n) is 0. The van der Waals surface area contributed by atoms with Gasteiger partial charge in [0.25, 0.3) is 0 Å². The third kappa shape index (κ3) is 19.9. The molecule has 2 nitrogen and oxygen atoms in total. The first-order valence-electron chi connectivity index (χ1n) is 0. The van der Waals surface area contributed by atoms with Crippen LogP contribution in [0.2, 0.25) is 0 Å². The monoisotopic (exact) mass is 286 g/mol. The first-order valence-corrected chi connectivity index (χ1v) is 0. The molecule has 0 rings (SSSR count). The van der Waals surface area contributed by atoms with Gasteiger partial charge in [-0.3, -0.25) is 0 Å². The Morgan fingerprint density at radius 2 is 0.600 bits per heavy atom. The van der Waals surface area contributed by atoms with Crippen LogP contribution in [-0.2, 0) is 11.0 Å². The molecule has 0 aromatic carbocycles. The molecule has 0 fully saturated rings. The van der Waals surface area contributed by atoms with Crippen LogP contribution >= 0.6 is 0 Å². The predicted molar refractivity (Wildman–Crippen MR) is 7.13 cm³/mol. The van der Waals surface area contributed by atoms with Crippen molar-refractivity contribution in [3.05, 3.63) is 0 Å². The van der Waals surface area contributed by atoms with E-state index in [4.69, 9.17) is 0 Å². The fourth-order valence-electron chi connectivity index (χ4n) is 0. The average molecular weight is 285 g/mol. The first-order chi connectivity index (χ1) is 0. The van der Waals surface area contributed by atoms with Crippen LogP contribution in [0.25, 0.3) is 0 Å². The maximum Gasteiger partial charge on any atom is 2.00 e. The fourth-order valence-corrected chi connectivity index (χ4v) is 0. The summed E-state index contributed by atoms with van der Waals surface area (Å²) in [6.07, 6.45) is 0. The van der Waals surface area contributed by atoms with Crippen LogP contribution in [-0.4, -0.2) is 27.3 Å². The van der Waals surface area contributed by atoms with E-state index in [0.717, 1.165) is 0 Å². The van der Waals surface area contributed by atoms with Crippen molar-refractivity contribution in [2.75, 3.05) is 0 Å². The molecule has 0 aromatic rings. The number of hydrogen-bond acceptors (Lipinski definition) is 0. The Hall–Kier alpha value is 2.84. The van der Waals surface area contributed by atoms with Gasteiger partial charge in [0, 0.05) is 0 Å². The van der Waals surface area contributed by atoms with Crippen molar-refractivity contribution < 1.29 is 70.1 Å². The average Bonchev–Trinajstić information content (AvgIpc) is 0. The van der Waals surface area contributed by atoms with E-state index in [1.165, 1.54) is 0 Å². The molecule has 0 spiro atoms. The summed E-state index contributed by atoms with van der Waals surface area (Å²) in [4.78, 5) is 0. The van der Waals surface area contributed by atoms with Crippen LogP contribution in [0.15, 0.2) is 0 Å². The molecule has 0 aliphatic heterocycles. The summed E-state index contributed by atoms with van der Waals surface area (Å²) in [6, 6.07) is 0. The van der Waals surface area contributed by atoms with Crippen molar-refractivity contribution in [2.45, 2.75) is 0 Å². The Balaban J connectivity index is 0. The molecule has 5 heteroatoms. The molecule has 0 N–H and O–H groups in total. The number of rotatable bonds is 0. The topological polar surface area (TPSA) is 57.0 Å². The molecule has 0 aliphatic carbocycles. The largest absolute Gasteiger partial charge is 2.00 e. The molecule has 0 heterocycles. The van der Waals surface area contributed by atoms with Gasteiger partial charge in [-0.1, -0.05) is 0 Å². The molecule has 5 heavy (non-hydrogen) atoms. The standard InChI is InChI=1S/2Na.2O.Pb/q2*+1;2*-2;+2. The summed E-state index contributed by atoms with van der Waals surface area (Å²) in [5, 5.41) is 0. The molecule has 0 amide bonds. The van der Waals surface area contributed by atoms with E-state index in [0.29, 0.717) is 0 Å². The minimum atomic E-state index is 0. The van der Waals surface area contributed by atoms with E-state index >= 15 is 0 Å². The Morgan fingerprint density at radius 1 is 0.600 bits per heavy atom. The van der Waals surface area contributed by atoms with Crippen LogP contribution in [0, 0.1) is 0 Å². The molecular formula is Na2O2Pb. The molecule has 2 radical (unpaired) electrons. The van der Waals surface area contributed by atoms with Crippen LogP contribution < -0.4 is 59.1 Å². The Kier molecular flexibility index (Phi) is 263. The van der Waals surface area contributed by atoms with Gasteiger partial charge in [0.2, 0.25) is 0 Å². The minimum absolute atomic E-state index is 0. The summed E-state index contributed by atoms with van der Waals surface area (Å²) in [6.45, 7) is 0. The number of hydrogen-bond donors (Lipinski definition) is 0. The molecule has 18 valence electrons. The van der Waals surface area contributed by atoms with Gasteiger partial charge >= 0.3 is 86.4 Å². The van der Waals surface area contributed by atoms with Gasteiger partial charge in [0.1, 0.15) is 0 Å². The Labute approximate surface area is 95.4 Å². The van der Waals surface area contributed by atoms with Gasteiger partial charge in [-0.2, -0.15) is 0 Å². The Morgan fingerprint density at radius 3 is 0.600 bits per heavy atom. The predicted octanol–water partition coefficient (Wildman–Crippen LogP) is -6.61. The summed E-state index contributed by atoms with van der Waals surface area (Å²) < 4.78 is 0. The quantitative estimate of drug-likeness (QED) is 0.397. The van der Waals surface area contributed by atoms with Gasteiger partial charge in [0.15, 0.2) is 0 Å². The van der Waals surface area contributed by atoms with E-state index in [1.807, 2.05) is 0 Å². The van der Waals surface area contributed by atoms with E-state index < -0.39 is 0 Å². The minimum Gasteiger partial charge on any atom is -2.00 e. The molecule has 0 aliphatic rings. The van der Waals surface area contributed by atoms with Crippen molar-refractivity contribution in [1.82, 2.24) is 0 Å². The molecular weight excluding hydrogens is 285 g/mol. The van der Waals surface area contributed by atoms with Crippen LogP contribution in [0.3, 0.4) is 0 Å². The van der Waals surface area contributed by atoms with Gasteiger partial charge < -0.3 is 11.0 Å². The third-order valence-corrected chi connectivity index (χ3v) is 0. The molecule has 0 bridgehead atoms. The second kappa shape index (κ2) is 28.9. The fraction of sp³-hybridized carbons (Fsp3) is 0. The van der Waals surface area contributed by atoms with E-state index in [1.54, 1.807) is 0 Å². The van der Waals surface area contributed by atoms with Crippen LogP contribution in [0.5, 0.6) is 0 Å². The van der Waals surface area contributed by atoms with E-state index in [-0.39, 0.29) is 97.4 Å². The zero-order valence-corrected chi connectivity index (χ0v) is 11.2. The second-order valence-electron chi connectivity index (χ2n) is 0. The SMILES string of the molecule is [Na+].[Na+].[O-2].[O-2].[Pb+2]. The maximum absolute atomic E-state index is 0. The van der Waals surface area contributed by atoms with Gasteiger partial charge in [0.05, 0.1) is 0 Å². The summed E-state index contributed by atoms with van der Waals surface area (Å²) in [5.41, 5.74) is 0. The van der Waals surface area contributed by atoms with Crippen molar-refractivity contribution in [3.8, 4) is 0 Å². The summed E-state index contributed by atoms with van der Waals surface area (Å²) >= 11 is 0. The van der Waals surface area contributed by atoms with Crippen LogP contribution in [0.4, 0.5) is 0 Å². The normalized spacial score (nSPS) is 0. The van der Waals surface area contributed by atoms with Crippen LogP contribution in [0.1, 0.15) is 0 Å². The molecule has 0 saturated carbocycles. The summed E-state index contributed by atoms with van der Waals surface area (Å²) in [5.74, 6) is 0. The molecule has 0 unspecified atom stereocenters. The molecule has 0 aromatic heterocycles. The zero-order valence-electron chi connectivity index (χ0n) is 3.32. The van der Waals surface area contributed by atoms with Crippen molar-refractivity contribution in [2.24, 2.45) is 0 Å². The van der Waals surface area contributed by atoms with Gasteiger partial charge in [-0.25, -0.2) is 0 Å². The van der Waals surface area contributed by atoms with Crippen molar-refractivity contribution in [3.63, 3.8) is 0 Å². The smallest absolute Gasteiger partial charge is 2.00 e. The second-order valence-corrected chi connectivity index (χ2v) is 0. The molecule has 0 saturated heterocycles. The first kappa shape index (κ1) is 45.5. The van der Waals surface area contributed by atoms with Crippen molar-refractivity contribution >= 4 is 27.3 Å². The molecule has 0 atom stereocenters. The van der Waals surface area contributed by atoms with E-state index in [9.17, 15) is 0 Å². The maximum atomic E-state index is 0. The van der Waals surface area contributed by atoms with E-state index in [2.05, 4.69) is 0 Å². The van der Waals surface area contributed by atoms with Gasteiger partial charge in [-0.05, 0) is 0 Å². The Bertz CT molecular complexity index is 7.61.